The van der Waals surface area contributed by atoms with Crippen molar-refractivity contribution in [2.24, 2.45) is 0 Å². The van der Waals surface area contributed by atoms with E-state index in [1.807, 2.05) is 44.2 Å². The number of carbonyl (C=O) groups excluding carboxylic acids is 1. The molecule has 5 nitrogen and oxygen atoms in total. The minimum Gasteiger partial charge on any atom is -0.481 e. The summed E-state index contributed by atoms with van der Waals surface area (Å²) in [5.74, 6) is 1.05. The Morgan fingerprint density at radius 2 is 1.85 bits per heavy atom. The molecular weight excluding hydrogens is 340 g/mol. The summed E-state index contributed by atoms with van der Waals surface area (Å²) in [5, 5.41) is 2.89. The van der Waals surface area contributed by atoms with Crippen LogP contribution in [0.25, 0.3) is 0 Å². The lowest BCUT2D eigenvalue weighted by molar-refractivity contribution is -0.127. The number of hydrogen-bond donors (Lipinski definition) is 1. The van der Waals surface area contributed by atoms with Crippen LogP contribution in [0.2, 0.25) is 0 Å². The molecule has 0 saturated carbocycles. The maximum absolute atomic E-state index is 12.4. The summed E-state index contributed by atoms with van der Waals surface area (Å²) in [7, 11) is 0. The van der Waals surface area contributed by atoms with Gasteiger partial charge in [0.25, 0.3) is 5.91 Å². The van der Waals surface area contributed by atoms with E-state index in [4.69, 9.17) is 9.47 Å². The molecule has 1 unspecified atom stereocenters. The van der Waals surface area contributed by atoms with Crippen molar-refractivity contribution in [3.05, 3.63) is 53.7 Å². The second kappa shape index (κ2) is 8.89. The van der Waals surface area contributed by atoms with Crippen LogP contribution in [-0.4, -0.2) is 23.1 Å². The normalized spacial score (nSPS) is 12.6. The molecule has 1 N–H and O–H groups in total. The van der Waals surface area contributed by atoms with E-state index in [1.54, 1.807) is 13.1 Å². The predicted molar refractivity (Wildman–Crippen MR) is 107 cm³/mol. The number of benzene rings is 1. The third-order valence-corrected chi connectivity index (χ3v) is 4.03. The Balaban J connectivity index is 1.97. The molecule has 0 aliphatic rings. The molecule has 1 aromatic heterocycles. The van der Waals surface area contributed by atoms with Crippen LogP contribution in [0.1, 0.15) is 52.7 Å². The second-order valence-corrected chi connectivity index (χ2v) is 7.89. The molecule has 1 heterocycles. The molecule has 0 radical (unpaired) electrons. The van der Waals surface area contributed by atoms with Crippen LogP contribution in [0.15, 0.2) is 42.6 Å². The van der Waals surface area contributed by atoms with Crippen molar-refractivity contribution in [1.29, 1.82) is 0 Å². The van der Waals surface area contributed by atoms with Gasteiger partial charge in [-0.05, 0) is 49.9 Å². The average Bonchev–Trinajstić information content (AvgIpc) is 2.59. The lowest BCUT2D eigenvalue weighted by Crippen LogP contribution is -2.36. The van der Waals surface area contributed by atoms with Gasteiger partial charge in [-0.25, -0.2) is 4.98 Å². The number of nitrogens with zero attached hydrogens (tertiary/aromatic N) is 1. The lowest BCUT2D eigenvalue weighted by Gasteiger charge is -2.21. The van der Waals surface area contributed by atoms with E-state index in [0.29, 0.717) is 18.2 Å². The number of hydrogen-bond acceptors (Lipinski definition) is 4. The first-order chi connectivity index (χ1) is 12.7. The molecule has 146 valence electrons. The van der Waals surface area contributed by atoms with Gasteiger partial charge < -0.3 is 14.8 Å². The van der Waals surface area contributed by atoms with Gasteiger partial charge >= 0.3 is 0 Å². The van der Waals surface area contributed by atoms with Gasteiger partial charge in [-0.1, -0.05) is 39.0 Å². The highest BCUT2D eigenvalue weighted by Gasteiger charge is 2.18. The summed E-state index contributed by atoms with van der Waals surface area (Å²) >= 11 is 0. The van der Waals surface area contributed by atoms with E-state index < -0.39 is 6.10 Å². The third-order valence-electron chi connectivity index (χ3n) is 4.03. The van der Waals surface area contributed by atoms with Crippen LogP contribution in [0, 0.1) is 0 Å². The summed E-state index contributed by atoms with van der Waals surface area (Å²) in [5.41, 5.74) is 2.03. The Morgan fingerprint density at radius 1 is 1.11 bits per heavy atom. The molecule has 0 bridgehead atoms. The number of rotatable bonds is 7. The van der Waals surface area contributed by atoms with Crippen LogP contribution >= 0.6 is 0 Å². The summed E-state index contributed by atoms with van der Waals surface area (Å²) in [6.45, 7) is 12.4. The fourth-order valence-corrected chi connectivity index (χ4v) is 2.51. The van der Waals surface area contributed by atoms with Crippen molar-refractivity contribution < 1.29 is 14.3 Å². The minimum absolute atomic E-state index is 0.0201. The Labute approximate surface area is 162 Å². The molecule has 27 heavy (non-hydrogen) atoms. The summed E-state index contributed by atoms with van der Waals surface area (Å²) < 4.78 is 11.5. The third kappa shape index (κ3) is 6.27. The van der Waals surface area contributed by atoms with Gasteiger partial charge in [0, 0.05) is 18.3 Å². The molecule has 2 aromatic rings. The molecule has 0 aliphatic heterocycles. The zero-order valence-electron chi connectivity index (χ0n) is 17.1. The first kappa shape index (κ1) is 20.7. The Kier molecular flexibility index (Phi) is 6.83. The van der Waals surface area contributed by atoms with Crippen LogP contribution in [0.3, 0.4) is 0 Å². The fourth-order valence-electron chi connectivity index (χ4n) is 2.51. The van der Waals surface area contributed by atoms with Gasteiger partial charge in [-0.2, -0.15) is 0 Å². The molecule has 2 rings (SSSR count). The maximum atomic E-state index is 12.4. The highest BCUT2D eigenvalue weighted by Crippen LogP contribution is 2.26. The molecule has 1 aromatic carbocycles. The monoisotopic (exact) mass is 370 g/mol. The molecule has 0 spiro atoms. The first-order valence-electron chi connectivity index (χ1n) is 9.32. The van der Waals surface area contributed by atoms with E-state index in [2.05, 4.69) is 37.1 Å². The van der Waals surface area contributed by atoms with Crippen molar-refractivity contribution in [2.45, 2.75) is 65.7 Å². The van der Waals surface area contributed by atoms with Crippen molar-refractivity contribution in [3.63, 3.8) is 0 Å². The number of carbonyl (C=O) groups is 1. The highest BCUT2D eigenvalue weighted by atomic mass is 16.5. The van der Waals surface area contributed by atoms with Crippen molar-refractivity contribution >= 4 is 5.91 Å². The zero-order chi connectivity index (χ0) is 20.0. The van der Waals surface area contributed by atoms with Gasteiger partial charge in [-0.3, -0.25) is 4.79 Å². The number of aromatic nitrogens is 1. The van der Waals surface area contributed by atoms with Crippen molar-refractivity contribution in [3.8, 4) is 11.6 Å². The standard InChI is InChI=1S/C22H30N2O3/c1-15(2)26-21-17(9-8-12-23-21)14-24-20(25)16(3)27-19-11-7-10-18(13-19)22(4,5)6/h7-13,15-16H,14H2,1-6H3,(H,24,25). The average molecular weight is 370 g/mol. The van der Waals surface area contributed by atoms with Crippen LogP contribution < -0.4 is 14.8 Å². The Bertz CT molecular complexity index is 766. The Morgan fingerprint density at radius 3 is 2.52 bits per heavy atom. The number of amides is 1. The largest absolute Gasteiger partial charge is 0.481 e. The molecular formula is C22H30N2O3. The minimum atomic E-state index is -0.605. The topological polar surface area (TPSA) is 60.5 Å². The van der Waals surface area contributed by atoms with E-state index in [-0.39, 0.29) is 17.4 Å². The van der Waals surface area contributed by atoms with Crippen molar-refractivity contribution in [2.75, 3.05) is 0 Å². The summed E-state index contributed by atoms with van der Waals surface area (Å²) in [6, 6.07) is 11.6. The Hall–Kier alpha value is -2.56. The van der Waals surface area contributed by atoms with Gasteiger partial charge in [0.1, 0.15) is 5.75 Å². The van der Waals surface area contributed by atoms with Crippen LogP contribution in [-0.2, 0) is 16.8 Å². The molecule has 0 saturated heterocycles. The maximum Gasteiger partial charge on any atom is 0.261 e. The predicted octanol–water partition coefficient (Wildman–Crippen LogP) is 4.25. The second-order valence-electron chi connectivity index (χ2n) is 7.89. The van der Waals surface area contributed by atoms with Crippen LogP contribution in [0.4, 0.5) is 0 Å². The smallest absolute Gasteiger partial charge is 0.261 e. The molecule has 1 atom stereocenters. The van der Waals surface area contributed by atoms with E-state index in [9.17, 15) is 4.79 Å². The van der Waals surface area contributed by atoms with Crippen LogP contribution in [0.5, 0.6) is 11.6 Å². The number of pyridine rings is 1. The summed E-state index contributed by atoms with van der Waals surface area (Å²) in [4.78, 5) is 16.7. The van der Waals surface area contributed by atoms with E-state index in [1.165, 1.54) is 5.56 Å². The van der Waals surface area contributed by atoms with Gasteiger partial charge in [0.05, 0.1) is 6.10 Å². The van der Waals surface area contributed by atoms with Crippen molar-refractivity contribution in [1.82, 2.24) is 10.3 Å². The quantitative estimate of drug-likeness (QED) is 0.791. The molecule has 0 aliphatic carbocycles. The fraction of sp³-hybridized carbons (Fsp3) is 0.455. The van der Waals surface area contributed by atoms with Gasteiger partial charge in [0.15, 0.2) is 6.10 Å². The van der Waals surface area contributed by atoms with E-state index in [0.717, 1.165) is 5.56 Å². The number of ether oxygens (including phenoxy) is 2. The number of nitrogens with one attached hydrogen (secondary N) is 1. The van der Waals surface area contributed by atoms with E-state index >= 15 is 0 Å². The van der Waals surface area contributed by atoms with Gasteiger partial charge in [0.2, 0.25) is 5.88 Å². The molecule has 5 heteroatoms. The lowest BCUT2D eigenvalue weighted by atomic mass is 9.87. The molecule has 1 amide bonds. The SMILES string of the molecule is CC(C)Oc1ncccc1CNC(=O)C(C)Oc1cccc(C(C)(C)C)c1. The zero-order valence-corrected chi connectivity index (χ0v) is 17.1. The highest BCUT2D eigenvalue weighted by molar-refractivity contribution is 5.80. The molecule has 0 fully saturated rings. The first-order valence-corrected chi connectivity index (χ1v) is 9.32. The van der Waals surface area contributed by atoms with Gasteiger partial charge in [-0.15, -0.1) is 0 Å². The summed E-state index contributed by atoms with van der Waals surface area (Å²) in [6.07, 6.45) is 1.09.